The third kappa shape index (κ3) is 3.26. The summed E-state index contributed by atoms with van der Waals surface area (Å²) in [5.41, 5.74) is 0. The molecule has 17 heavy (non-hydrogen) atoms. The second-order valence-corrected chi connectivity index (χ2v) is 3.97. The number of hydrazine groups is 1. The van der Waals surface area contributed by atoms with Crippen molar-refractivity contribution >= 4 is 5.91 Å². The minimum atomic E-state index is -1.02. The van der Waals surface area contributed by atoms with E-state index in [-0.39, 0.29) is 5.91 Å². The number of hydrogen-bond acceptors (Lipinski definition) is 5. The van der Waals surface area contributed by atoms with E-state index in [4.69, 9.17) is 10.6 Å². The maximum Gasteiger partial charge on any atom is 0.244 e. The number of hydrogen-bond donors (Lipinski definition) is 2. The molecule has 0 aromatic rings. The van der Waals surface area contributed by atoms with Crippen LogP contribution in [0.1, 0.15) is 19.8 Å². The number of aliphatic hydroxyl groups excluding tert-OH is 1. The highest BCUT2D eigenvalue weighted by Gasteiger charge is 2.42. The molecule has 98 valence electrons. The van der Waals surface area contributed by atoms with Crippen LogP contribution in [-0.2, 0) is 9.53 Å². The van der Waals surface area contributed by atoms with Gasteiger partial charge in [-0.25, -0.2) is 0 Å². The highest BCUT2D eigenvalue weighted by molar-refractivity contribution is 5.83. The summed E-state index contributed by atoms with van der Waals surface area (Å²) in [6.07, 6.45) is 1.91. The van der Waals surface area contributed by atoms with Crippen molar-refractivity contribution in [2.75, 3.05) is 19.8 Å². The van der Waals surface area contributed by atoms with E-state index in [1.165, 1.54) is 9.91 Å². The SMILES string of the molecule is C=CCOCCCN1C(=O)C(CC)N(N)C1O. The monoisotopic (exact) mass is 243 g/mol. The van der Waals surface area contributed by atoms with Gasteiger partial charge in [0, 0.05) is 13.2 Å². The van der Waals surface area contributed by atoms with Gasteiger partial charge in [0.25, 0.3) is 0 Å². The Morgan fingerprint density at radius 1 is 1.65 bits per heavy atom. The normalized spacial score (nSPS) is 25.6. The fraction of sp³-hybridized carbons (Fsp3) is 0.727. The Morgan fingerprint density at radius 2 is 2.35 bits per heavy atom. The van der Waals surface area contributed by atoms with Crippen LogP contribution in [0.25, 0.3) is 0 Å². The van der Waals surface area contributed by atoms with Crippen LogP contribution in [-0.4, -0.2) is 53.1 Å². The molecule has 3 N–H and O–H groups in total. The number of aliphatic hydroxyl groups is 1. The molecular weight excluding hydrogens is 222 g/mol. The van der Waals surface area contributed by atoms with Crippen molar-refractivity contribution in [3.8, 4) is 0 Å². The van der Waals surface area contributed by atoms with Crippen LogP contribution in [0.4, 0.5) is 0 Å². The van der Waals surface area contributed by atoms with Crippen molar-refractivity contribution in [2.45, 2.75) is 32.2 Å². The summed E-state index contributed by atoms with van der Waals surface area (Å²) in [4.78, 5) is 13.2. The van der Waals surface area contributed by atoms with Gasteiger partial charge in [0.15, 0.2) is 0 Å². The molecule has 0 saturated carbocycles. The Bertz CT molecular complexity index is 273. The number of nitrogens with two attached hydrogens (primary N) is 1. The quantitative estimate of drug-likeness (QED) is 0.363. The molecule has 0 radical (unpaired) electrons. The van der Waals surface area contributed by atoms with E-state index in [0.717, 1.165) is 0 Å². The zero-order chi connectivity index (χ0) is 12.8. The lowest BCUT2D eigenvalue weighted by Gasteiger charge is -2.22. The van der Waals surface area contributed by atoms with E-state index >= 15 is 0 Å². The van der Waals surface area contributed by atoms with E-state index in [1.54, 1.807) is 6.08 Å². The van der Waals surface area contributed by atoms with Gasteiger partial charge >= 0.3 is 0 Å². The molecule has 2 unspecified atom stereocenters. The average Bonchev–Trinajstić information content (AvgIpc) is 2.52. The first-order valence-electron chi connectivity index (χ1n) is 5.83. The fourth-order valence-corrected chi connectivity index (χ4v) is 1.87. The number of carbonyl (C=O) groups excluding carboxylic acids is 1. The lowest BCUT2D eigenvalue weighted by Crippen LogP contribution is -2.45. The molecule has 0 aromatic heterocycles. The molecule has 1 saturated heterocycles. The van der Waals surface area contributed by atoms with Crippen molar-refractivity contribution in [1.29, 1.82) is 0 Å². The Labute approximate surface area is 102 Å². The summed E-state index contributed by atoms with van der Waals surface area (Å²) in [6.45, 7) is 6.88. The van der Waals surface area contributed by atoms with Gasteiger partial charge in [-0.2, -0.15) is 5.01 Å². The summed E-state index contributed by atoms with van der Waals surface area (Å²) < 4.78 is 5.21. The highest BCUT2D eigenvalue weighted by Crippen LogP contribution is 2.19. The van der Waals surface area contributed by atoms with Gasteiger partial charge < -0.3 is 14.7 Å². The van der Waals surface area contributed by atoms with Gasteiger partial charge in [0.1, 0.15) is 6.04 Å². The van der Waals surface area contributed by atoms with Gasteiger partial charge in [0.05, 0.1) is 6.61 Å². The molecule has 0 aromatic carbocycles. The number of amides is 1. The van der Waals surface area contributed by atoms with Crippen molar-refractivity contribution in [1.82, 2.24) is 9.91 Å². The molecular formula is C11H21N3O3. The van der Waals surface area contributed by atoms with Crippen molar-refractivity contribution in [3.05, 3.63) is 12.7 Å². The molecule has 0 aliphatic carbocycles. The summed E-state index contributed by atoms with van der Waals surface area (Å²) in [5.74, 6) is 5.52. The maximum absolute atomic E-state index is 11.9. The predicted octanol–water partition coefficient (Wildman–Crippen LogP) is -0.348. The minimum absolute atomic E-state index is 0.119. The van der Waals surface area contributed by atoms with E-state index in [0.29, 0.717) is 32.6 Å². The van der Waals surface area contributed by atoms with Crippen LogP contribution in [0.3, 0.4) is 0 Å². The van der Waals surface area contributed by atoms with Gasteiger partial charge in [-0.1, -0.05) is 13.0 Å². The Kier molecular flexibility index (Phi) is 5.57. The van der Waals surface area contributed by atoms with Crippen LogP contribution in [0.2, 0.25) is 0 Å². The first-order valence-corrected chi connectivity index (χ1v) is 5.83. The number of nitrogens with zero attached hydrogens (tertiary/aromatic N) is 2. The molecule has 0 bridgehead atoms. The molecule has 1 aliphatic rings. The standard InChI is InChI=1S/C11H21N3O3/c1-3-7-17-8-5-6-13-10(15)9(4-2)14(12)11(13)16/h3,9,11,16H,1,4-8,12H2,2H3. The molecule has 1 heterocycles. The average molecular weight is 243 g/mol. The molecule has 0 spiro atoms. The Morgan fingerprint density at radius 3 is 2.88 bits per heavy atom. The third-order valence-electron chi connectivity index (χ3n) is 2.78. The van der Waals surface area contributed by atoms with Gasteiger partial charge in [-0.05, 0) is 12.8 Å². The molecule has 1 amide bonds. The molecule has 2 atom stereocenters. The van der Waals surface area contributed by atoms with Crippen LogP contribution < -0.4 is 5.84 Å². The largest absolute Gasteiger partial charge is 0.377 e. The van der Waals surface area contributed by atoms with Crippen molar-refractivity contribution in [3.63, 3.8) is 0 Å². The molecule has 1 fully saturated rings. The van der Waals surface area contributed by atoms with E-state index < -0.39 is 12.4 Å². The second kappa shape index (κ2) is 6.70. The maximum atomic E-state index is 11.9. The van der Waals surface area contributed by atoms with Gasteiger partial charge in [-0.3, -0.25) is 10.6 Å². The first-order chi connectivity index (χ1) is 8.13. The zero-order valence-electron chi connectivity index (χ0n) is 10.2. The second-order valence-electron chi connectivity index (χ2n) is 3.97. The van der Waals surface area contributed by atoms with Crippen LogP contribution >= 0.6 is 0 Å². The predicted molar refractivity (Wildman–Crippen MR) is 63.5 cm³/mol. The number of rotatable bonds is 7. The fourth-order valence-electron chi connectivity index (χ4n) is 1.87. The number of ether oxygens (including phenoxy) is 1. The highest BCUT2D eigenvalue weighted by atomic mass is 16.5. The van der Waals surface area contributed by atoms with Gasteiger partial charge in [-0.15, -0.1) is 6.58 Å². The van der Waals surface area contributed by atoms with E-state index in [2.05, 4.69) is 6.58 Å². The third-order valence-corrected chi connectivity index (χ3v) is 2.78. The van der Waals surface area contributed by atoms with Crippen LogP contribution in [0.5, 0.6) is 0 Å². The zero-order valence-corrected chi connectivity index (χ0v) is 10.2. The van der Waals surface area contributed by atoms with E-state index in [1.807, 2.05) is 6.92 Å². The van der Waals surface area contributed by atoms with Crippen molar-refractivity contribution < 1.29 is 14.6 Å². The Hall–Kier alpha value is -0.950. The number of carbonyl (C=O) groups is 1. The molecule has 6 nitrogen and oxygen atoms in total. The lowest BCUT2D eigenvalue weighted by molar-refractivity contribution is -0.135. The molecule has 1 aliphatic heterocycles. The first kappa shape index (κ1) is 14.1. The van der Waals surface area contributed by atoms with Crippen LogP contribution in [0, 0.1) is 0 Å². The Balaban J connectivity index is 2.37. The topological polar surface area (TPSA) is 79.0 Å². The van der Waals surface area contributed by atoms with E-state index in [9.17, 15) is 9.90 Å². The van der Waals surface area contributed by atoms with Gasteiger partial charge in [0.2, 0.25) is 12.3 Å². The minimum Gasteiger partial charge on any atom is -0.377 e. The van der Waals surface area contributed by atoms with Crippen LogP contribution in [0.15, 0.2) is 12.7 Å². The molecule has 1 rings (SSSR count). The summed E-state index contributed by atoms with van der Waals surface area (Å²) in [7, 11) is 0. The smallest absolute Gasteiger partial charge is 0.244 e. The summed E-state index contributed by atoms with van der Waals surface area (Å²) >= 11 is 0. The lowest BCUT2D eigenvalue weighted by atomic mass is 10.2. The van der Waals surface area contributed by atoms with Crippen molar-refractivity contribution in [2.24, 2.45) is 5.84 Å². The molecule has 6 heteroatoms. The summed E-state index contributed by atoms with van der Waals surface area (Å²) in [5, 5.41) is 11.0. The summed E-state index contributed by atoms with van der Waals surface area (Å²) in [6, 6.07) is -0.418.